The van der Waals surface area contributed by atoms with Crippen molar-refractivity contribution in [3.8, 4) is 0 Å². The van der Waals surface area contributed by atoms with Gasteiger partial charge < -0.3 is 15.5 Å². The largest absolute Gasteiger partial charge is 0.357 e. The Balaban J connectivity index is 0.00000392. The number of halogens is 2. The molecule has 0 aliphatic heterocycles. The third-order valence-electron chi connectivity index (χ3n) is 4.35. The van der Waals surface area contributed by atoms with Crippen LogP contribution in [0.25, 0.3) is 0 Å². The Kier molecular flexibility index (Phi) is 11.4. The lowest BCUT2D eigenvalue weighted by molar-refractivity contribution is 0.306. The van der Waals surface area contributed by atoms with Crippen LogP contribution >= 0.6 is 35.6 Å². The van der Waals surface area contributed by atoms with E-state index in [-0.39, 0.29) is 30.0 Å². The number of benzene rings is 1. The van der Waals surface area contributed by atoms with E-state index < -0.39 is 0 Å². The van der Waals surface area contributed by atoms with Gasteiger partial charge >= 0.3 is 0 Å². The zero-order valence-corrected chi connectivity index (χ0v) is 20.2. The smallest absolute Gasteiger partial charge is 0.191 e. The first-order valence-electron chi connectivity index (χ1n) is 9.35. The van der Waals surface area contributed by atoms with Gasteiger partial charge in [0.25, 0.3) is 0 Å². The second-order valence-electron chi connectivity index (χ2n) is 6.78. The predicted octanol–water partition coefficient (Wildman–Crippen LogP) is 4.06. The standard InChI is InChI=1S/C21H30ClN5.HI/c1-5-23-21(24-13-12-17-8-11-20(22)25-14-17)26-15-19(27(3)4)18-9-6-16(2)7-10-18;/h6-11,14,19H,5,12-13,15H2,1-4H3,(H2,23,24,26);1H. The zero-order valence-electron chi connectivity index (χ0n) is 17.1. The fourth-order valence-electron chi connectivity index (χ4n) is 2.75. The minimum atomic E-state index is 0. The van der Waals surface area contributed by atoms with Crippen LogP contribution in [0.1, 0.15) is 29.7 Å². The van der Waals surface area contributed by atoms with Gasteiger partial charge in [-0.3, -0.25) is 4.99 Å². The number of hydrogen-bond acceptors (Lipinski definition) is 3. The molecule has 1 atom stereocenters. The maximum absolute atomic E-state index is 5.83. The van der Waals surface area contributed by atoms with Crippen LogP contribution in [0.4, 0.5) is 0 Å². The van der Waals surface area contributed by atoms with Crippen LogP contribution in [0.15, 0.2) is 47.6 Å². The topological polar surface area (TPSA) is 52.6 Å². The van der Waals surface area contributed by atoms with E-state index in [0.717, 1.165) is 31.0 Å². The summed E-state index contributed by atoms with van der Waals surface area (Å²) < 4.78 is 0. The van der Waals surface area contributed by atoms with E-state index in [0.29, 0.717) is 11.7 Å². The molecule has 154 valence electrons. The van der Waals surface area contributed by atoms with Crippen molar-refractivity contribution in [2.24, 2.45) is 4.99 Å². The Labute approximate surface area is 191 Å². The summed E-state index contributed by atoms with van der Waals surface area (Å²) in [6.45, 7) is 6.48. The molecule has 28 heavy (non-hydrogen) atoms. The molecule has 0 spiro atoms. The summed E-state index contributed by atoms with van der Waals surface area (Å²) in [5.41, 5.74) is 3.69. The molecule has 2 N–H and O–H groups in total. The van der Waals surface area contributed by atoms with Gasteiger partial charge in [-0.25, -0.2) is 4.98 Å². The lowest BCUT2D eigenvalue weighted by Crippen LogP contribution is -2.39. The highest BCUT2D eigenvalue weighted by Gasteiger charge is 2.13. The molecule has 0 fully saturated rings. The molecule has 7 heteroatoms. The van der Waals surface area contributed by atoms with E-state index in [4.69, 9.17) is 16.6 Å². The van der Waals surface area contributed by atoms with Crippen molar-refractivity contribution >= 4 is 41.5 Å². The number of aliphatic imine (C=N–C) groups is 1. The number of guanidine groups is 1. The van der Waals surface area contributed by atoms with Gasteiger partial charge in [-0.1, -0.05) is 47.5 Å². The molecule has 0 aliphatic carbocycles. The summed E-state index contributed by atoms with van der Waals surface area (Å²) in [5, 5.41) is 7.24. The van der Waals surface area contributed by atoms with Crippen molar-refractivity contribution in [2.75, 3.05) is 33.7 Å². The first kappa shape index (κ1) is 24.7. The zero-order chi connectivity index (χ0) is 19.6. The maximum atomic E-state index is 5.83. The van der Waals surface area contributed by atoms with Crippen molar-refractivity contribution in [3.63, 3.8) is 0 Å². The summed E-state index contributed by atoms with van der Waals surface area (Å²) >= 11 is 5.83. The van der Waals surface area contributed by atoms with E-state index in [2.05, 4.69) is 72.7 Å². The monoisotopic (exact) mass is 515 g/mol. The summed E-state index contributed by atoms with van der Waals surface area (Å²) in [6.07, 6.45) is 2.68. The summed E-state index contributed by atoms with van der Waals surface area (Å²) in [6, 6.07) is 12.7. The molecular weight excluding hydrogens is 485 g/mol. The molecule has 0 amide bonds. The molecule has 1 heterocycles. The minimum absolute atomic E-state index is 0. The van der Waals surface area contributed by atoms with Gasteiger partial charge in [0.15, 0.2) is 5.96 Å². The number of aromatic nitrogens is 1. The normalized spacial score (nSPS) is 12.4. The SMILES string of the molecule is CCNC(=NCC(c1ccc(C)cc1)N(C)C)NCCc1ccc(Cl)nc1.I. The molecule has 5 nitrogen and oxygen atoms in total. The van der Waals surface area contributed by atoms with Crippen molar-refractivity contribution in [1.29, 1.82) is 0 Å². The molecule has 0 radical (unpaired) electrons. The van der Waals surface area contributed by atoms with E-state index in [9.17, 15) is 0 Å². The predicted molar refractivity (Wildman–Crippen MR) is 130 cm³/mol. The summed E-state index contributed by atoms with van der Waals surface area (Å²) in [7, 11) is 4.18. The first-order chi connectivity index (χ1) is 13.0. The number of nitrogens with one attached hydrogen (secondary N) is 2. The van der Waals surface area contributed by atoms with Crippen LogP contribution in [0.2, 0.25) is 5.15 Å². The van der Waals surface area contributed by atoms with Crippen LogP contribution in [0.3, 0.4) is 0 Å². The van der Waals surface area contributed by atoms with Crippen LogP contribution < -0.4 is 10.6 Å². The van der Waals surface area contributed by atoms with Crippen LogP contribution in [-0.2, 0) is 6.42 Å². The number of hydrogen-bond donors (Lipinski definition) is 2. The molecule has 2 aromatic rings. The first-order valence-corrected chi connectivity index (χ1v) is 9.73. The molecule has 0 saturated heterocycles. The van der Waals surface area contributed by atoms with Gasteiger partial charge in [-0.2, -0.15) is 0 Å². The third kappa shape index (κ3) is 8.32. The number of rotatable bonds is 8. The van der Waals surface area contributed by atoms with E-state index >= 15 is 0 Å². The highest BCUT2D eigenvalue weighted by atomic mass is 127. The van der Waals surface area contributed by atoms with E-state index in [1.807, 2.05) is 18.3 Å². The number of pyridine rings is 1. The fraction of sp³-hybridized carbons (Fsp3) is 0.429. The highest BCUT2D eigenvalue weighted by Crippen LogP contribution is 2.19. The molecule has 1 aromatic heterocycles. The van der Waals surface area contributed by atoms with Crippen molar-refractivity contribution in [3.05, 3.63) is 64.4 Å². The second kappa shape index (κ2) is 13.0. The van der Waals surface area contributed by atoms with Gasteiger partial charge in [-0.05, 0) is 51.6 Å². The Morgan fingerprint density at radius 1 is 1.14 bits per heavy atom. The molecule has 0 bridgehead atoms. The molecule has 1 unspecified atom stereocenters. The van der Waals surface area contributed by atoms with Crippen LogP contribution in [0.5, 0.6) is 0 Å². The minimum Gasteiger partial charge on any atom is -0.357 e. The highest BCUT2D eigenvalue weighted by molar-refractivity contribution is 14.0. The average molecular weight is 516 g/mol. The fourth-order valence-corrected chi connectivity index (χ4v) is 2.87. The Morgan fingerprint density at radius 2 is 1.86 bits per heavy atom. The van der Waals surface area contributed by atoms with Gasteiger partial charge in [0.05, 0.1) is 12.6 Å². The Hall–Kier alpha value is -1.38. The molecule has 1 aromatic carbocycles. The lowest BCUT2D eigenvalue weighted by Gasteiger charge is -2.24. The number of aryl methyl sites for hydroxylation is 1. The summed E-state index contributed by atoms with van der Waals surface area (Å²) in [5.74, 6) is 0.832. The van der Waals surface area contributed by atoms with E-state index in [1.165, 1.54) is 11.1 Å². The van der Waals surface area contributed by atoms with Crippen molar-refractivity contribution in [2.45, 2.75) is 26.3 Å². The number of nitrogens with zero attached hydrogens (tertiary/aromatic N) is 3. The molecule has 0 saturated carbocycles. The van der Waals surface area contributed by atoms with E-state index in [1.54, 1.807) is 0 Å². The maximum Gasteiger partial charge on any atom is 0.191 e. The van der Waals surface area contributed by atoms with Gasteiger partial charge in [0.1, 0.15) is 5.15 Å². The third-order valence-corrected chi connectivity index (χ3v) is 4.57. The Morgan fingerprint density at radius 3 is 2.43 bits per heavy atom. The Bertz CT molecular complexity index is 717. The molecule has 2 rings (SSSR count). The van der Waals surface area contributed by atoms with Crippen LogP contribution in [0, 0.1) is 6.92 Å². The van der Waals surface area contributed by atoms with Crippen molar-refractivity contribution in [1.82, 2.24) is 20.5 Å². The lowest BCUT2D eigenvalue weighted by atomic mass is 10.0. The van der Waals surface area contributed by atoms with Crippen LogP contribution in [-0.4, -0.2) is 49.6 Å². The van der Waals surface area contributed by atoms with Gasteiger partial charge in [0, 0.05) is 19.3 Å². The number of likely N-dealkylation sites (N-methyl/N-ethyl adjacent to an activating group) is 1. The molecule has 0 aliphatic rings. The molecular formula is C21H31ClIN5. The van der Waals surface area contributed by atoms with Crippen molar-refractivity contribution < 1.29 is 0 Å². The quantitative estimate of drug-likeness (QED) is 0.241. The van der Waals surface area contributed by atoms with Gasteiger partial charge in [-0.15, -0.1) is 24.0 Å². The second-order valence-corrected chi connectivity index (χ2v) is 7.16. The van der Waals surface area contributed by atoms with Gasteiger partial charge in [0.2, 0.25) is 0 Å². The summed E-state index contributed by atoms with van der Waals surface area (Å²) in [4.78, 5) is 11.1. The average Bonchev–Trinajstić information content (AvgIpc) is 2.64.